The van der Waals surface area contributed by atoms with E-state index in [1.165, 1.54) is 30.4 Å². The Balaban J connectivity index is 2.34. The lowest BCUT2D eigenvalue weighted by Crippen LogP contribution is -1.98. The van der Waals surface area contributed by atoms with Crippen LogP contribution < -0.4 is 0 Å². The van der Waals surface area contributed by atoms with Crippen molar-refractivity contribution in [1.29, 1.82) is 0 Å². The highest BCUT2D eigenvalue weighted by Gasteiger charge is 2.19. The van der Waals surface area contributed by atoms with Gasteiger partial charge >= 0.3 is 0 Å². The van der Waals surface area contributed by atoms with Gasteiger partial charge in [-0.2, -0.15) is 0 Å². The van der Waals surface area contributed by atoms with Gasteiger partial charge in [0.05, 0.1) is 0 Å². The van der Waals surface area contributed by atoms with Crippen LogP contribution >= 0.6 is 11.3 Å². The van der Waals surface area contributed by atoms with Crippen molar-refractivity contribution in [3.8, 4) is 0 Å². The summed E-state index contributed by atoms with van der Waals surface area (Å²) in [6.07, 6.45) is 7.91. The molecule has 0 N–H and O–H groups in total. The molecule has 2 rings (SSSR count). The zero-order valence-electron chi connectivity index (χ0n) is 11.2. The van der Waals surface area contributed by atoms with Crippen LogP contribution in [0.15, 0.2) is 22.4 Å². The first-order valence-electron chi connectivity index (χ1n) is 6.41. The molecule has 104 valence electrons. The normalized spacial score (nSPS) is 17.9. The average molecular weight is 298 g/mol. The van der Waals surface area contributed by atoms with Gasteiger partial charge in [-0.25, -0.2) is 8.42 Å². The van der Waals surface area contributed by atoms with E-state index in [2.05, 4.69) is 0 Å². The molecule has 0 amide bonds. The summed E-state index contributed by atoms with van der Waals surface area (Å²) in [7, 11) is -3.19. The lowest BCUT2D eigenvalue weighted by Gasteiger charge is -2.06. The van der Waals surface area contributed by atoms with Crippen molar-refractivity contribution >= 4 is 32.5 Å². The molecule has 0 radical (unpaired) electrons. The second-order valence-electron chi connectivity index (χ2n) is 5.07. The molecule has 3 nitrogen and oxygen atoms in total. The Morgan fingerprint density at radius 1 is 1.32 bits per heavy atom. The van der Waals surface area contributed by atoms with Crippen molar-refractivity contribution in [3.63, 3.8) is 0 Å². The fraction of sp³-hybridized carbons (Fsp3) is 0.500. The molecule has 5 heteroatoms. The van der Waals surface area contributed by atoms with Gasteiger partial charge in [0, 0.05) is 16.7 Å². The molecule has 1 heterocycles. The zero-order chi connectivity index (χ0) is 14.0. The predicted octanol–water partition coefficient (Wildman–Crippen LogP) is 3.31. The molecule has 1 aliphatic carbocycles. The Morgan fingerprint density at radius 2 is 1.95 bits per heavy atom. The van der Waals surface area contributed by atoms with Gasteiger partial charge in [0.25, 0.3) is 0 Å². The summed E-state index contributed by atoms with van der Waals surface area (Å²) in [4.78, 5) is 12.5. The minimum atomic E-state index is -3.19. The molecule has 0 atom stereocenters. The molecule has 0 unspecified atom stereocenters. The molecule has 0 saturated heterocycles. The first kappa shape index (κ1) is 14.5. The van der Waals surface area contributed by atoms with Gasteiger partial charge in [-0.15, -0.1) is 11.3 Å². The Hall–Kier alpha value is -0.940. The topological polar surface area (TPSA) is 51.2 Å². The summed E-state index contributed by atoms with van der Waals surface area (Å²) in [5.74, 6) is 0.469. The monoisotopic (exact) mass is 298 g/mol. The maximum absolute atomic E-state index is 11.8. The van der Waals surface area contributed by atoms with Gasteiger partial charge < -0.3 is 0 Å². The van der Waals surface area contributed by atoms with Gasteiger partial charge in [-0.3, -0.25) is 4.79 Å². The van der Waals surface area contributed by atoms with Crippen LogP contribution in [-0.4, -0.2) is 20.5 Å². The Morgan fingerprint density at radius 3 is 2.42 bits per heavy atom. The number of allylic oxidation sites excluding steroid dienone is 2. The molecule has 0 aliphatic heterocycles. The minimum Gasteiger partial charge on any atom is -0.294 e. The lowest BCUT2D eigenvalue weighted by atomic mass is 10.0. The number of hydrogen-bond acceptors (Lipinski definition) is 4. The molecule has 0 spiro atoms. The molecule has 1 aromatic rings. The number of carbonyl (C=O) groups excluding carboxylic acids is 1. The van der Waals surface area contributed by atoms with Crippen LogP contribution in [0.5, 0.6) is 0 Å². The van der Waals surface area contributed by atoms with Crippen molar-refractivity contribution in [2.45, 2.75) is 36.8 Å². The van der Waals surface area contributed by atoms with E-state index in [1.807, 2.05) is 6.08 Å². The van der Waals surface area contributed by atoms with E-state index in [4.69, 9.17) is 0 Å². The molecule has 1 saturated carbocycles. The van der Waals surface area contributed by atoms with Gasteiger partial charge in [0.15, 0.2) is 15.6 Å². The van der Waals surface area contributed by atoms with Crippen molar-refractivity contribution < 1.29 is 13.2 Å². The fourth-order valence-corrected chi connectivity index (χ4v) is 4.40. The summed E-state index contributed by atoms with van der Waals surface area (Å²) < 4.78 is 23.3. The van der Waals surface area contributed by atoms with Crippen molar-refractivity contribution in [2.24, 2.45) is 5.92 Å². The van der Waals surface area contributed by atoms with Crippen LogP contribution in [0.3, 0.4) is 0 Å². The van der Waals surface area contributed by atoms with E-state index in [1.54, 1.807) is 19.1 Å². The van der Waals surface area contributed by atoms with Crippen LogP contribution in [0.4, 0.5) is 0 Å². The fourth-order valence-electron chi connectivity index (χ4n) is 2.40. The van der Waals surface area contributed by atoms with Gasteiger partial charge in [0.2, 0.25) is 0 Å². The van der Waals surface area contributed by atoms with Crippen LogP contribution in [0, 0.1) is 5.92 Å². The summed E-state index contributed by atoms with van der Waals surface area (Å²) in [5, 5.41) is 0. The van der Waals surface area contributed by atoms with Gasteiger partial charge in [-0.05, 0) is 37.8 Å². The van der Waals surface area contributed by atoms with E-state index < -0.39 is 9.84 Å². The van der Waals surface area contributed by atoms with E-state index in [9.17, 15) is 13.2 Å². The third kappa shape index (κ3) is 3.54. The first-order valence-corrected chi connectivity index (χ1v) is 9.12. The number of sulfone groups is 1. The van der Waals surface area contributed by atoms with Gasteiger partial charge in [0.1, 0.15) is 4.21 Å². The van der Waals surface area contributed by atoms with Gasteiger partial charge in [-0.1, -0.05) is 18.9 Å². The highest BCUT2D eigenvalue weighted by atomic mass is 32.2. The summed E-state index contributed by atoms with van der Waals surface area (Å²) >= 11 is 1.18. The number of rotatable bonds is 4. The molecule has 19 heavy (non-hydrogen) atoms. The van der Waals surface area contributed by atoms with E-state index in [0.29, 0.717) is 15.7 Å². The van der Waals surface area contributed by atoms with Crippen molar-refractivity contribution in [3.05, 3.63) is 23.1 Å². The van der Waals surface area contributed by atoms with E-state index >= 15 is 0 Å². The molecular weight excluding hydrogens is 280 g/mol. The third-order valence-corrected chi connectivity index (χ3v) is 6.33. The Kier molecular flexibility index (Phi) is 4.26. The highest BCUT2D eigenvalue weighted by molar-refractivity contribution is 7.92. The summed E-state index contributed by atoms with van der Waals surface area (Å²) in [5.41, 5.74) is 0.673. The molecule has 0 bridgehead atoms. The summed E-state index contributed by atoms with van der Waals surface area (Å²) in [6, 6.07) is 3.32. The van der Waals surface area contributed by atoms with E-state index in [-0.39, 0.29) is 5.78 Å². The van der Waals surface area contributed by atoms with Crippen LogP contribution in [0.1, 0.15) is 37.5 Å². The summed E-state index contributed by atoms with van der Waals surface area (Å²) in [6.45, 7) is 1.54. The SMILES string of the molecule is CC(=O)/C(=C/C1CCCC1)c1ccc(S(C)(=O)=O)s1. The molecule has 1 fully saturated rings. The maximum Gasteiger partial charge on any atom is 0.184 e. The average Bonchev–Trinajstić information content (AvgIpc) is 2.95. The second-order valence-corrected chi connectivity index (χ2v) is 8.40. The van der Waals surface area contributed by atoms with E-state index in [0.717, 1.165) is 17.7 Å². The smallest absolute Gasteiger partial charge is 0.184 e. The number of thiophene rings is 1. The Bertz CT molecular complexity index is 602. The highest BCUT2D eigenvalue weighted by Crippen LogP contribution is 2.33. The predicted molar refractivity (Wildman–Crippen MR) is 78.0 cm³/mol. The standard InChI is InChI=1S/C14H18O3S2/c1-10(15)12(9-11-5-3-4-6-11)13-7-8-14(18-13)19(2,16)17/h7-9,11H,3-6H2,1-2H3/b12-9-. The number of carbonyl (C=O) groups is 1. The molecule has 1 aromatic heterocycles. The van der Waals surface area contributed by atoms with Crippen LogP contribution in [0.25, 0.3) is 5.57 Å². The number of ketones is 1. The maximum atomic E-state index is 11.8. The third-order valence-electron chi connectivity index (χ3n) is 3.39. The molecular formula is C14H18O3S2. The van der Waals surface area contributed by atoms with Crippen LogP contribution in [-0.2, 0) is 14.6 Å². The van der Waals surface area contributed by atoms with Crippen molar-refractivity contribution in [1.82, 2.24) is 0 Å². The zero-order valence-corrected chi connectivity index (χ0v) is 12.8. The lowest BCUT2D eigenvalue weighted by molar-refractivity contribution is -0.111. The molecule has 1 aliphatic rings. The number of hydrogen-bond donors (Lipinski definition) is 0. The second kappa shape index (κ2) is 5.59. The minimum absolute atomic E-state index is 0.00815. The quantitative estimate of drug-likeness (QED) is 0.801. The van der Waals surface area contributed by atoms with Crippen LogP contribution in [0.2, 0.25) is 0 Å². The molecule has 0 aromatic carbocycles. The largest absolute Gasteiger partial charge is 0.294 e. The number of Topliss-reactive ketones (excluding diaryl/α,β-unsaturated/α-hetero) is 1. The first-order chi connectivity index (χ1) is 8.88. The van der Waals surface area contributed by atoms with Crippen molar-refractivity contribution in [2.75, 3.05) is 6.26 Å². The Labute approximate surface area is 118 Å².